The molecule has 8 heteroatoms. The van der Waals surface area contributed by atoms with Gasteiger partial charge in [-0.1, -0.05) is 0 Å². The zero-order chi connectivity index (χ0) is 19.9. The average Bonchev–Trinajstić information content (AvgIpc) is 2.69. The van der Waals surface area contributed by atoms with Crippen LogP contribution in [0.5, 0.6) is 0 Å². The number of nitrogens with two attached hydrogens (primary N) is 1. The molecule has 3 N–H and O–H groups in total. The van der Waals surface area contributed by atoms with Crippen LogP contribution in [0.3, 0.4) is 0 Å². The molecular formula is C20H33N7O. The van der Waals surface area contributed by atoms with Crippen molar-refractivity contribution in [2.45, 2.75) is 25.8 Å². The number of nitrogens with zero attached hydrogens (tertiary/aromatic N) is 5. The molecule has 2 fully saturated rings. The van der Waals surface area contributed by atoms with Crippen LogP contribution in [0.15, 0.2) is 23.3 Å². The van der Waals surface area contributed by atoms with E-state index in [0.717, 1.165) is 63.9 Å². The summed E-state index contributed by atoms with van der Waals surface area (Å²) in [5.74, 6) is 2.02. The Kier molecular flexibility index (Phi) is 7.08. The van der Waals surface area contributed by atoms with E-state index >= 15 is 0 Å². The Bertz CT molecular complexity index is 685. The number of anilines is 1. The summed E-state index contributed by atoms with van der Waals surface area (Å²) in [4.78, 5) is 27.2. The highest BCUT2D eigenvalue weighted by molar-refractivity contribution is 5.80. The van der Waals surface area contributed by atoms with Gasteiger partial charge in [-0.3, -0.25) is 9.79 Å². The van der Waals surface area contributed by atoms with E-state index in [4.69, 9.17) is 5.73 Å². The largest absolute Gasteiger partial charge is 0.370 e. The third-order valence-electron chi connectivity index (χ3n) is 5.61. The van der Waals surface area contributed by atoms with Crippen LogP contribution in [0.2, 0.25) is 0 Å². The minimum Gasteiger partial charge on any atom is -0.370 e. The van der Waals surface area contributed by atoms with Crippen molar-refractivity contribution in [2.75, 3.05) is 58.3 Å². The number of carbonyl (C=O) groups excluding carboxylic acids is 1. The highest BCUT2D eigenvalue weighted by Gasteiger charge is 2.23. The molecule has 0 saturated carbocycles. The molecule has 1 aromatic heterocycles. The number of aromatic nitrogens is 1. The quantitative estimate of drug-likeness (QED) is 0.565. The summed E-state index contributed by atoms with van der Waals surface area (Å²) in [5, 5.41) is 3.47. The lowest BCUT2D eigenvalue weighted by Crippen LogP contribution is -2.47. The van der Waals surface area contributed by atoms with Gasteiger partial charge in [0.2, 0.25) is 5.91 Å². The first-order valence-corrected chi connectivity index (χ1v) is 10.2. The molecule has 3 heterocycles. The topological polar surface area (TPSA) is 90.1 Å². The summed E-state index contributed by atoms with van der Waals surface area (Å²) >= 11 is 0. The number of rotatable bonds is 5. The zero-order valence-electron chi connectivity index (χ0n) is 17.1. The number of hydrogen-bond donors (Lipinski definition) is 2. The molecule has 154 valence electrons. The minimum atomic E-state index is -0.219. The van der Waals surface area contributed by atoms with Gasteiger partial charge in [-0.25, -0.2) is 4.98 Å². The van der Waals surface area contributed by atoms with Crippen LogP contribution >= 0.6 is 0 Å². The first-order chi connectivity index (χ1) is 13.5. The predicted molar refractivity (Wildman–Crippen MR) is 112 cm³/mol. The maximum atomic E-state index is 11.2. The highest BCUT2D eigenvalue weighted by Crippen LogP contribution is 2.20. The molecule has 0 aliphatic carbocycles. The fourth-order valence-electron chi connectivity index (χ4n) is 4.00. The number of likely N-dealkylation sites (tertiary alicyclic amines) is 1. The molecule has 1 amide bonds. The zero-order valence-corrected chi connectivity index (χ0v) is 17.1. The summed E-state index contributed by atoms with van der Waals surface area (Å²) in [7, 11) is 3.97. The molecule has 1 aromatic rings. The van der Waals surface area contributed by atoms with Crippen molar-refractivity contribution < 1.29 is 4.79 Å². The van der Waals surface area contributed by atoms with Crippen LogP contribution in [0.1, 0.15) is 24.8 Å². The number of amides is 1. The van der Waals surface area contributed by atoms with Crippen molar-refractivity contribution in [1.82, 2.24) is 20.1 Å². The fraction of sp³-hybridized carbons (Fsp3) is 0.650. The van der Waals surface area contributed by atoms with E-state index in [1.165, 1.54) is 5.56 Å². The third kappa shape index (κ3) is 5.58. The van der Waals surface area contributed by atoms with E-state index in [-0.39, 0.29) is 5.91 Å². The number of hydrogen-bond acceptors (Lipinski definition) is 5. The van der Waals surface area contributed by atoms with Gasteiger partial charge in [0, 0.05) is 65.5 Å². The maximum Gasteiger partial charge on any atom is 0.217 e. The van der Waals surface area contributed by atoms with E-state index in [9.17, 15) is 4.79 Å². The van der Waals surface area contributed by atoms with Crippen molar-refractivity contribution in [3.63, 3.8) is 0 Å². The van der Waals surface area contributed by atoms with Crippen molar-refractivity contribution in [2.24, 2.45) is 16.6 Å². The van der Waals surface area contributed by atoms with Gasteiger partial charge >= 0.3 is 0 Å². The van der Waals surface area contributed by atoms with Crippen LogP contribution in [-0.2, 0) is 11.3 Å². The molecule has 2 aliphatic rings. The second-order valence-corrected chi connectivity index (χ2v) is 7.84. The Labute approximate surface area is 167 Å². The Morgan fingerprint density at radius 3 is 2.82 bits per heavy atom. The summed E-state index contributed by atoms with van der Waals surface area (Å²) in [6.45, 7) is 6.64. The number of pyridine rings is 1. The van der Waals surface area contributed by atoms with Gasteiger partial charge in [-0.15, -0.1) is 0 Å². The van der Waals surface area contributed by atoms with Crippen LogP contribution in [0, 0.1) is 5.92 Å². The van der Waals surface area contributed by atoms with Gasteiger partial charge in [0.05, 0.1) is 0 Å². The van der Waals surface area contributed by atoms with Gasteiger partial charge in [-0.05, 0) is 43.5 Å². The molecule has 0 bridgehead atoms. The molecule has 1 unspecified atom stereocenters. The molecule has 3 rings (SSSR count). The number of piperazine rings is 1. The number of aliphatic imine (C=N–C) groups is 1. The van der Waals surface area contributed by atoms with Crippen LogP contribution in [-0.4, -0.2) is 80.0 Å². The molecule has 0 radical (unpaired) electrons. The van der Waals surface area contributed by atoms with Crippen molar-refractivity contribution in [3.05, 3.63) is 23.9 Å². The highest BCUT2D eigenvalue weighted by atomic mass is 16.1. The van der Waals surface area contributed by atoms with Gasteiger partial charge in [0.1, 0.15) is 5.82 Å². The normalized spacial score (nSPS) is 21.6. The molecule has 8 nitrogen and oxygen atoms in total. The number of primary amides is 1. The molecular weight excluding hydrogens is 354 g/mol. The van der Waals surface area contributed by atoms with Crippen molar-refractivity contribution in [3.8, 4) is 0 Å². The van der Waals surface area contributed by atoms with Crippen LogP contribution < -0.4 is 16.0 Å². The molecule has 2 aliphatic heterocycles. The van der Waals surface area contributed by atoms with E-state index in [1.54, 1.807) is 0 Å². The van der Waals surface area contributed by atoms with Crippen molar-refractivity contribution in [1.29, 1.82) is 0 Å². The first-order valence-electron chi connectivity index (χ1n) is 10.2. The fourth-order valence-corrected chi connectivity index (χ4v) is 4.00. The van der Waals surface area contributed by atoms with Gasteiger partial charge < -0.3 is 25.8 Å². The Morgan fingerprint density at radius 1 is 1.32 bits per heavy atom. The number of carbonyl (C=O) groups is 1. The second kappa shape index (κ2) is 9.73. The molecule has 1 atom stereocenters. The number of guanidine groups is 1. The third-order valence-corrected chi connectivity index (χ3v) is 5.61. The first kappa shape index (κ1) is 20.4. The molecule has 28 heavy (non-hydrogen) atoms. The van der Waals surface area contributed by atoms with E-state index in [1.807, 2.05) is 19.3 Å². The predicted octanol–water partition coefficient (Wildman–Crippen LogP) is 0.496. The standard InChI is InChI=1S/C20H33N7O/c1-22-20(27-7-3-4-17(15-27)12-18(21)28)24-14-16-5-6-23-19(13-16)26-10-8-25(2)9-11-26/h5-6,13,17H,3-4,7-12,14-15H2,1-2H3,(H2,21,28)(H,22,24). The monoisotopic (exact) mass is 387 g/mol. The van der Waals surface area contributed by atoms with E-state index in [0.29, 0.717) is 18.9 Å². The molecule has 2 saturated heterocycles. The Balaban J connectivity index is 1.56. The maximum absolute atomic E-state index is 11.2. The Hall–Kier alpha value is -2.35. The lowest BCUT2D eigenvalue weighted by molar-refractivity contribution is -0.119. The van der Waals surface area contributed by atoms with Crippen LogP contribution in [0.25, 0.3) is 0 Å². The van der Waals surface area contributed by atoms with E-state index < -0.39 is 0 Å². The minimum absolute atomic E-state index is 0.219. The average molecular weight is 388 g/mol. The number of piperidine rings is 1. The smallest absolute Gasteiger partial charge is 0.217 e. The lowest BCUT2D eigenvalue weighted by Gasteiger charge is -2.35. The SMILES string of the molecule is CN=C(NCc1ccnc(N2CCN(C)CC2)c1)N1CCCC(CC(N)=O)C1. The molecule has 0 spiro atoms. The Morgan fingerprint density at radius 2 is 2.11 bits per heavy atom. The van der Waals surface area contributed by atoms with Gasteiger partial charge in [-0.2, -0.15) is 0 Å². The summed E-state index contributed by atoms with van der Waals surface area (Å²) in [6.07, 6.45) is 4.44. The number of likely N-dealkylation sites (N-methyl/N-ethyl adjacent to an activating group) is 1. The van der Waals surface area contributed by atoms with E-state index in [2.05, 4.69) is 43.1 Å². The van der Waals surface area contributed by atoms with Gasteiger partial charge in [0.15, 0.2) is 5.96 Å². The van der Waals surface area contributed by atoms with Crippen LogP contribution in [0.4, 0.5) is 5.82 Å². The number of nitrogens with one attached hydrogen (secondary N) is 1. The summed E-state index contributed by atoms with van der Waals surface area (Å²) in [6, 6.07) is 4.21. The van der Waals surface area contributed by atoms with Gasteiger partial charge in [0.25, 0.3) is 0 Å². The van der Waals surface area contributed by atoms with Crippen molar-refractivity contribution >= 4 is 17.7 Å². The lowest BCUT2D eigenvalue weighted by atomic mass is 9.95. The summed E-state index contributed by atoms with van der Waals surface area (Å²) < 4.78 is 0. The second-order valence-electron chi connectivity index (χ2n) is 7.84. The molecule has 0 aromatic carbocycles. The summed E-state index contributed by atoms with van der Waals surface area (Å²) in [5.41, 5.74) is 6.57.